The van der Waals surface area contributed by atoms with Gasteiger partial charge in [-0.1, -0.05) is 11.6 Å². The van der Waals surface area contributed by atoms with E-state index in [-0.39, 0.29) is 12.3 Å². The Morgan fingerprint density at radius 3 is 2.79 bits per heavy atom. The van der Waals surface area contributed by atoms with Crippen LogP contribution in [0.2, 0.25) is 5.02 Å². The van der Waals surface area contributed by atoms with E-state index in [4.69, 9.17) is 22.1 Å². The van der Waals surface area contributed by atoms with Crippen molar-refractivity contribution in [2.24, 2.45) is 5.73 Å². The van der Waals surface area contributed by atoms with Gasteiger partial charge in [0.15, 0.2) is 0 Å². The minimum absolute atomic E-state index is 0.0800. The molecular formula is C13H18BrClN2O2. The molecule has 1 aromatic rings. The second kappa shape index (κ2) is 7.12. The highest BCUT2D eigenvalue weighted by molar-refractivity contribution is 9.10. The zero-order valence-electron chi connectivity index (χ0n) is 11.0. The molecule has 0 bridgehead atoms. The topological polar surface area (TPSA) is 64.3 Å². The Labute approximate surface area is 126 Å². The Hall–Kier alpha value is -0.780. The Morgan fingerprint density at radius 2 is 2.21 bits per heavy atom. The van der Waals surface area contributed by atoms with Crippen LogP contribution in [0.25, 0.3) is 0 Å². The van der Waals surface area contributed by atoms with Gasteiger partial charge in [-0.15, -0.1) is 0 Å². The molecule has 0 spiro atoms. The van der Waals surface area contributed by atoms with Crippen molar-refractivity contribution in [2.45, 2.75) is 25.8 Å². The van der Waals surface area contributed by atoms with E-state index in [0.29, 0.717) is 23.9 Å². The number of benzene rings is 1. The van der Waals surface area contributed by atoms with Gasteiger partial charge in [0.05, 0.1) is 17.5 Å². The third-order valence-electron chi connectivity index (χ3n) is 2.22. The van der Waals surface area contributed by atoms with Crippen LogP contribution < -0.4 is 15.8 Å². The van der Waals surface area contributed by atoms with Crippen molar-refractivity contribution in [2.75, 3.05) is 13.2 Å². The van der Waals surface area contributed by atoms with Crippen LogP contribution in [-0.2, 0) is 4.79 Å². The van der Waals surface area contributed by atoms with Gasteiger partial charge in [0.2, 0.25) is 5.91 Å². The van der Waals surface area contributed by atoms with Crippen LogP contribution in [0.1, 0.15) is 20.3 Å². The molecule has 0 heterocycles. The van der Waals surface area contributed by atoms with Gasteiger partial charge in [-0.3, -0.25) is 4.79 Å². The predicted octanol–water partition coefficient (Wildman–Crippen LogP) is 2.72. The molecule has 1 rings (SSSR count). The van der Waals surface area contributed by atoms with Crippen LogP contribution in [0.3, 0.4) is 0 Å². The first-order valence-corrected chi connectivity index (χ1v) is 7.08. The van der Waals surface area contributed by atoms with Crippen molar-refractivity contribution in [1.82, 2.24) is 5.32 Å². The van der Waals surface area contributed by atoms with E-state index in [1.807, 2.05) is 13.8 Å². The van der Waals surface area contributed by atoms with Crippen LogP contribution in [0, 0.1) is 0 Å². The van der Waals surface area contributed by atoms with Crippen molar-refractivity contribution < 1.29 is 9.53 Å². The highest BCUT2D eigenvalue weighted by Crippen LogP contribution is 2.27. The molecule has 0 aliphatic rings. The molecule has 0 radical (unpaired) electrons. The molecular weight excluding hydrogens is 332 g/mol. The summed E-state index contributed by atoms with van der Waals surface area (Å²) in [6.45, 7) is 4.46. The van der Waals surface area contributed by atoms with E-state index < -0.39 is 5.54 Å². The van der Waals surface area contributed by atoms with Crippen LogP contribution in [0.5, 0.6) is 5.75 Å². The fraction of sp³-hybridized carbons (Fsp3) is 0.462. The molecule has 0 saturated heterocycles. The summed E-state index contributed by atoms with van der Waals surface area (Å²) in [7, 11) is 0. The lowest BCUT2D eigenvalue weighted by Crippen LogP contribution is -2.45. The highest BCUT2D eigenvalue weighted by Gasteiger charge is 2.12. The number of carbonyl (C=O) groups excluding carboxylic acids is 1. The molecule has 106 valence electrons. The Balaban J connectivity index is 2.32. The summed E-state index contributed by atoms with van der Waals surface area (Å²) in [5, 5.41) is 3.38. The van der Waals surface area contributed by atoms with Crippen molar-refractivity contribution in [3.8, 4) is 5.75 Å². The summed E-state index contributed by atoms with van der Waals surface area (Å²) >= 11 is 9.17. The summed E-state index contributed by atoms with van der Waals surface area (Å²) in [5.74, 6) is 0.583. The molecule has 0 fully saturated rings. The van der Waals surface area contributed by atoms with E-state index >= 15 is 0 Å². The number of amides is 1. The Morgan fingerprint density at radius 1 is 1.53 bits per heavy atom. The summed E-state index contributed by atoms with van der Waals surface area (Å²) in [6, 6.07) is 5.24. The zero-order valence-corrected chi connectivity index (χ0v) is 13.3. The standard InChI is InChI=1S/C13H18BrClN2O2/c1-13(2,16)8-17-12(18)5-6-19-11-4-3-9(15)7-10(11)14/h3-4,7H,5-6,8,16H2,1-2H3,(H,17,18). The van der Waals surface area contributed by atoms with Gasteiger partial charge < -0.3 is 15.8 Å². The maximum absolute atomic E-state index is 11.5. The number of carbonyl (C=O) groups is 1. The highest BCUT2D eigenvalue weighted by atomic mass is 79.9. The lowest BCUT2D eigenvalue weighted by molar-refractivity contribution is -0.121. The van der Waals surface area contributed by atoms with E-state index in [2.05, 4.69) is 21.2 Å². The summed E-state index contributed by atoms with van der Waals surface area (Å²) in [5.41, 5.74) is 5.37. The van der Waals surface area contributed by atoms with Gasteiger partial charge in [-0.05, 0) is 48.0 Å². The van der Waals surface area contributed by atoms with Gasteiger partial charge >= 0.3 is 0 Å². The van der Waals surface area contributed by atoms with Crippen LogP contribution in [0.15, 0.2) is 22.7 Å². The first-order chi connectivity index (χ1) is 8.78. The Bertz CT molecular complexity index is 447. The molecule has 0 aliphatic carbocycles. The maximum atomic E-state index is 11.5. The first kappa shape index (κ1) is 16.3. The summed E-state index contributed by atoms with van der Waals surface area (Å²) in [6.07, 6.45) is 0.283. The van der Waals surface area contributed by atoms with Gasteiger partial charge in [0, 0.05) is 17.1 Å². The van der Waals surface area contributed by atoms with Gasteiger partial charge in [0.1, 0.15) is 5.75 Å². The average molecular weight is 350 g/mol. The third kappa shape index (κ3) is 6.80. The second-order valence-corrected chi connectivity index (χ2v) is 6.23. The SMILES string of the molecule is CC(C)(N)CNC(=O)CCOc1ccc(Cl)cc1Br. The van der Waals surface area contributed by atoms with Crippen molar-refractivity contribution >= 4 is 33.4 Å². The maximum Gasteiger partial charge on any atom is 0.223 e. The van der Waals surface area contributed by atoms with Crippen molar-refractivity contribution in [3.05, 3.63) is 27.7 Å². The second-order valence-electron chi connectivity index (χ2n) is 4.94. The lowest BCUT2D eigenvalue weighted by Gasteiger charge is -2.18. The smallest absolute Gasteiger partial charge is 0.223 e. The van der Waals surface area contributed by atoms with Crippen LogP contribution in [0.4, 0.5) is 0 Å². The molecule has 1 aromatic carbocycles. The van der Waals surface area contributed by atoms with Crippen molar-refractivity contribution in [3.63, 3.8) is 0 Å². The van der Waals surface area contributed by atoms with Gasteiger partial charge in [-0.2, -0.15) is 0 Å². The molecule has 6 heteroatoms. The number of halogens is 2. The minimum Gasteiger partial charge on any atom is -0.492 e. The number of nitrogens with two attached hydrogens (primary N) is 1. The Kier molecular flexibility index (Phi) is 6.10. The largest absolute Gasteiger partial charge is 0.492 e. The normalized spacial score (nSPS) is 11.2. The van der Waals surface area contributed by atoms with E-state index in [1.165, 1.54) is 0 Å². The molecule has 0 saturated carbocycles. The molecule has 0 aromatic heterocycles. The van der Waals surface area contributed by atoms with Crippen molar-refractivity contribution in [1.29, 1.82) is 0 Å². The van der Waals surface area contributed by atoms with E-state index in [0.717, 1.165) is 4.47 Å². The molecule has 1 amide bonds. The number of nitrogens with one attached hydrogen (secondary N) is 1. The molecule has 0 unspecified atom stereocenters. The fourth-order valence-corrected chi connectivity index (χ4v) is 2.06. The third-order valence-corrected chi connectivity index (χ3v) is 3.08. The molecule has 19 heavy (non-hydrogen) atoms. The number of ether oxygens (including phenoxy) is 1. The first-order valence-electron chi connectivity index (χ1n) is 5.91. The lowest BCUT2D eigenvalue weighted by atomic mass is 10.1. The number of rotatable bonds is 6. The van der Waals surface area contributed by atoms with E-state index in [1.54, 1.807) is 18.2 Å². The quantitative estimate of drug-likeness (QED) is 0.830. The zero-order chi connectivity index (χ0) is 14.5. The van der Waals surface area contributed by atoms with E-state index in [9.17, 15) is 4.79 Å². The van der Waals surface area contributed by atoms with Gasteiger partial charge in [-0.25, -0.2) is 0 Å². The predicted molar refractivity (Wildman–Crippen MR) is 80.5 cm³/mol. The molecule has 3 N–H and O–H groups in total. The minimum atomic E-state index is -0.407. The number of hydrogen-bond acceptors (Lipinski definition) is 3. The monoisotopic (exact) mass is 348 g/mol. The summed E-state index contributed by atoms with van der Waals surface area (Å²) < 4.78 is 6.26. The van der Waals surface area contributed by atoms with Gasteiger partial charge in [0.25, 0.3) is 0 Å². The molecule has 4 nitrogen and oxygen atoms in total. The number of hydrogen-bond donors (Lipinski definition) is 2. The molecule has 0 aliphatic heterocycles. The molecule has 0 atom stereocenters. The van der Waals surface area contributed by atoms with Crippen LogP contribution in [-0.4, -0.2) is 24.6 Å². The van der Waals surface area contributed by atoms with Crippen LogP contribution >= 0.6 is 27.5 Å². The fourth-order valence-electron chi connectivity index (χ4n) is 1.26. The summed E-state index contributed by atoms with van der Waals surface area (Å²) in [4.78, 5) is 11.5. The average Bonchev–Trinajstić information content (AvgIpc) is 2.28.